The highest BCUT2D eigenvalue weighted by molar-refractivity contribution is 7.89. The lowest BCUT2D eigenvalue weighted by Crippen LogP contribution is -2.12. The molecule has 2 N–H and O–H groups in total. The number of carbonyl (C=O) groups is 1. The Balaban J connectivity index is 2.49. The first-order valence-electron chi connectivity index (χ1n) is 4.27. The minimum absolute atomic E-state index is 0.0274. The van der Waals surface area contributed by atoms with Crippen LogP contribution in [-0.4, -0.2) is 14.3 Å². The highest BCUT2D eigenvalue weighted by Crippen LogP contribution is 2.22. The van der Waals surface area contributed by atoms with Crippen LogP contribution in [-0.2, 0) is 14.8 Å². The minimum Gasteiger partial charge on any atom is -0.266 e. The minimum atomic E-state index is -3.75. The molecule has 0 aliphatic carbocycles. The van der Waals surface area contributed by atoms with Crippen molar-refractivity contribution in [3.8, 4) is 0 Å². The molecular weight excluding hydrogens is 230 g/mol. The van der Waals surface area contributed by atoms with Gasteiger partial charge in [-0.2, -0.15) is 0 Å². The van der Waals surface area contributed by atoms with Crippen LogP contribution < -0.4 is 5.14 Å². The van der Waals surface area contributed by atoms with E-state index in [1.807, 2.05) is 0 Å². The van der Waals surface area contributed by atoms with Crippen molar-refractivity contribution < 1.29 is 13.2 Å². The third-order valence-corrected chi connectivity index (χ3v) is 2.89. The number of hydrogen-bond donors (Lipinski definition) is 1. The molecule has 1 aromatic carbocycles. The first-order valence-corrected chi connectivity index (χ1v) is 5.82. The molecule has 0 radical (unpaired) electrons. The number of azo groups is 1. The van der Waals surface area contributed by atoms with Gasteiger partial charge in [0.05, 0.1) is 10.6 Å². The van der Waals surface area contributed by atoms with Gasteiger partial charge in [-0.05, 0) is 12.1 Å². The van der Waals surface area contributed by atoms with E-state index in [4.69, 9.17) is 5.14 Å². The summed E-state index contributed by atoms with van der Waals surface area (Å²) in [4.78, 5) is 10.8. The largest absolute Gasteiger partial charge is 0.290 e. The van der Waals surface area contributed by atoms with E-state index in [-0.39, 0.29) is 4.90 Å². The SMILES string of the molecule is NS(=O)(=O)c1cccc(C2=CC(=O)N=N2)c1. The summed E-state index contributed by atoms with van der Waals surface area (Å²) in [6.07, 6.45) is 1.22. The van der Waals surface area contributed by atoms with Crippen molar-refractivity contribution in [2.45, 2.75) is 4.90 Å². The average molecular weight is 237 g/mol. The van der Waals surface area contributed by atoms with Crippen LogP contribution in [0.15, 0.2) is 45.5 Å². The van der Waals surface area contributed by atoms with Gasteiger partial charge in [-0.15, -0.1) is 10.2 Å². The maximum absolute atomic E-state index is 11.1. The van der Waals surface area contributed by atoms with E-state index in [1.165, 1.54) is 24.3 Å². The fourth-order valence-corrected chi connectivity index (χ4v) is 1.81. The molecule has 0 saturated heterocycles. The number of primary sulfonamides is 1. The van der Waals surface area contributed by atoms with Gasteiger partial charge in [-0.3, -0.25) is 4.79 Å². The summed E-state index contributed by atoms with van der Waals surface area (Å²) in [5.41, 5.74) is 0.816. The molecule has 6 nitrogen and oxygen atoms in total. The van der Waals surface area contributed by atoms with Crippen LogP contribution in [0.4, 0.5) is 0 Å². The Hall–Kier alpha value is -1.86. The molecule has 1 heterocycles. The lowest BCUT2D eigenvalue weighted by molar-refractivity contribution is -0.113. The molecule has 1 aliphatic heterocycles. The number of sulfonamides is 1. The van der Waals surface area contributed by atoms with Crippen molar-refractivity contribution in [3.63, 3.8) is 0 Å². The van der Waals surface area contributed by atoms with E-state index in [0.29, 0.717) is 11.3 Å². The zero-order valence-electron chi connectivity index (χ0n) is 7.99. The third-order valence-electron chi connectivity index (χ3n) is 1.97. The van der Waals surface area contributed by atoms with E-state index in [1.54, 1.807) is 6.07 Å². The number of rotatable bonds is 2. The normalized spacial score (nSPS) is 15.3. The van der Waals surface area contributed by atoms with Gasteiger partial charge in [-0.25, -0.2) is 13.6 Å². The summed E-state index contributed by atoms with van der Waals surface area (Å²) in [6.45, 7) is 0. The highest BCUT2D eigenvalue weighted by Gasteiger charge is 2.13. The quantitative estimate of drug-likeness (QED) is 0.817. The maximum Gasteiger partial charge on any atom is 0.290 e. The fourth-order valence-electron chi connectivity index (χ4n) is 1.25. The molecule has 0 bridgehead atoms. The van der Waals surface area contributed by atoms with Crippen LogP contribution in [0.25, 0.3) is 5.70 Å². The monoisotopic (exact) mass is 237 g/mol. The van der Waals surface area contributed by atoms with Gasteiger partial charge in [-0.1, -0.05) is 12.1 Å². The molecule has 0 spiro atoms. The Morgan fingerprint density at radius 1 is 1.19 bits per heavy atom. The number of benzene rings is 1. The number of nitrogens with zero attached hydrogens (tertiary/aromatic N) is 2. The molecule has 1 amide bonds. The van der Waals surface area contributed by atoms with Crippen LogP contribution in [0, 0.1) is 0 Å². The van der Waals surface area contributed by atoms with Crippen molar-refractivity contribution in [1.29, 1.82) is 0 Å². The molecule has 0 saturated carbocycles. The van der Waals surface area contributed by atoms with Gasteiger partial charge in [0.25, 0.3) is 5.91 Å². The second kappa shape index (κ2) is 3.62. The van der Waals surface area contributed by atoms with E-state index in [2.05, 4.69) is 10.2 Å². The Bertz CT molecular complexity index is 617. The molecule has 16 heavy (non-hydrogen) atoms. The van der Waals surface area contributed by atoms with Crippen LogP contribution in [0.2, 0.25) is 0 Å². The van der Waals surface area contributed by atoms with Gasteiger partial charge in [0.1, 0.15) is 0 Å². The predicted molar refractivity (Wildman–Crippen MR) is 55.7 cm³/mol. The Morgan fingerprint density at radius 2 is 1.94 bits per heavy atom. The van der Waals surface area contributed by atoms with Crippen molar-refractivity contribution in [2.75, 3.05) is 0 Å². The molecule has 0 aromatic heterocycles. The lowest BCUT2D eigenvalue weighted by atomic mass is 10.1. The van der Waals surface area contributed by atoms with Gasteiger partial charge < -0.3 is 0 Å². The zero-order chi connectivity index (χ0) is 11.8. The molecule has 1 aromatic rings. The molecular formula is C9H7N3O3S. The van der Waals surface area contributed by atoms with Crippen molar-refractivity contribution >= 4 is 21.6 Å². The summed E-state index contributed by atoms with van der Waals surface area (Å²) in [7, 11) is -3.75. The molecule has 0 unspecified atom stereocenters. The van der Waals surface area contributed by atoms with Crippen molar-refractivity contribution in [3.05, 3.63) is 35.9 Å². The molecule has 7 heteroatoms. The molecule has 0 atom stereocenters. The Morgan fingerprint density at radius 3 is 2.50 bits per heavy atom. The van der Waals surface area contributed by atoms with Crippen molar-refractivity contribution in [2.24, 2.45) is 15.4 Å². The molecule has 2 rings (SSSR count). The molecule has 0 fully saturated rings. The highest BCUT2D eigenvalue weighted by atomic mass is 32.2. The second-order valence-electron chi connectivity index (χ2n) is 3.14. The standard InChI is InChI=1S/C9H7N3O3S/c10-16(14,15)7-3-1-2-6(4-7)8-5-9(13)12-11-8/h1-5H,(H2,10,14,15). The smallest absolute Gasteiger partial charge is 0.266 e. The van der Waals surface area contributed by atoms with Crippen LogP contribution >= 0.6 is 0 Å². The van der Waals surface area contributed by atoms with E-state index in [0.717, 1.165) is 0 Å². The first-order chi connectivity index (χ1) is 7.47. The van der Waals surface area contributed by atoms with Gasteiger partial charge >= 0.3 is 0 Å². The molecule has 1 aliphatic rings. The topological polar surface area (TPSA) is 102 Å². The van der Waals surface area contributed by atoms with E-state index in [9.17, 15) is 13.2 Å². The zero-order valence-corrected chi connectivity index (χ0v) is 8.81. The predicted octanol–water partition coefficient (Wildman–Crippen LogP) is 0.667. The summed E-state index contributed by atoms with van der Waals surface area (Å²) in [5, 5.41) is 11.9. The number of carbonyl (C=O) groups excluding carboxylic acids is 1. The third kappa shape index (κ3) is 2.05. The summed E-state index contributed by atoms with van der Waals surface area (Å²) < 4.78 is 22.2. The summed E-state index contributed by atoms with van der Waals surface area (Å²) in [6, 6.07) is 5.86. The average Bonchev–Trinajstić information content (AvgIpc) is 2.64. The summed E-state index contributed by atoms with van der Waals surface area (Å²) in [5.74, 6) is -0.462. The van der Waals surface area contributed by atoms with Gasteiger partial charge in [0.2, 0.25) is 10.0 Å². The lowest BCUT2D eigenvalue weighted by Gasteiger charge is -2.01. The number of amides is 1. The molecule has 82 valence electrons. The second-order valence-corrected chi connectivity index (χ2v) is 4.70. The van der Waals surface area contributed by atoms with E-state index >= 15 is 0 Å². The maximum atomic E-state index is 11.1. The van der Waals surface area contributed by atoms with Crippen LogP contribution in [0.5, 0.6) is 0 Å². The number of hydrogen-bond acceptors (Lipinski definition) is 4. The van der Waals surface area contributed by atoms with Crippen LogP contribution in [0.3, 0.4) is 0 Å². The fraction of sp³-hybridized carbons (Fsp3) is 0. The first kappa shape index (κ1) is 10.7. The van der Waals surface area contributed by atoms with Crippen molar-refractivity contribution in [1.82, 2.24) is 0 Å². The number of nitrogens with two attached hydrogens (primary N) is 1. The Labute approximate surface area is 91.5 Å². The van der Waals surface area contributed by atoms with E-state index < -0.39 is 15.9 Å². The van der Waals surface area contributed by atoms with Crippen LogP contribution in [0.1, 0.15) is 5.56 Å². The van der Waals surface area contributed by atoms with Gasteiger partial charge in [0.15, 0.2) is 0 Å². The Kier molecular flexibility index (Phi) is 2.41. The van der Waals surface area contributed by atoms with Gasteiger partial charge in [0, 0.05) is 11.6 Å². The summed E-state index contributed by atoms with van der Waals surface area (Å²) >= 11 is 0.